The predicted octanol–water partition coefficient (Wildman–Crippen LogP) is 6.80. The fraction of sp³-hybridized carbons (Fsp3) is 0.381. The van der Waals surface area contributed by atoms with Gasteiger partial charge in [0.15, 0.2) is 5.82 Å². The number of benzene rings is 3. The Morgan fingerprint density at radius 2 is 1.56 bits per heavy atom. The molecule has 0 aliphatic carbocycles. The van der Waals surface area contributed by atoms with E-state index in [0.717, 1.165) is 66.8 Å². The first kappa shape index (κ1) is 35.9. The predicted molar refractivity (Wildman–Crippen MR) is 213 cm³/mol. The highest BCUT2D eigenvalue weighted by Gasteiger charge is 2.50. The van der Waals surface area contributed by atoms with Gasteiger partial charge in [0.05, 0.1) is 24.4 Å². The van der Waals surface area contributed by atoms with Gasteiger partial charge < -0.3 is 14.5 Å². The lowest BCUT2D eigenvalue weighted by molar-refractivity contribution is -0.0332. The smallest absolute Gasteiger partial charge is 0.261 e. The zero-order valence-corrected chi connectivity index (χ0v) is 32.1. The number of nitrogens with zero attached hydrogens (tertiary/aromatic N) is 6. The van der Waals surface area contributed by atoms with Crippen molar-refractivity contribution in [2.75, 3.05) is 32.1 Å². The van der Waals surface area contributed by atoms with Crippen molar-refractivity contribution in [2.24, 2.45) is 0 Å². The number of hydrogen-bond acceptors (Lipinski definition) is 8. The molecule has 0 amide bonds. The number of nitrogens with one attached hydrogen (secondary N) is 1. The quantitative estimate of drug-likeness (QED) is 0.116. The van der Waals surface area contributed by atoms with Gasteiger partial charge in [-0.3, -0.25) is 14.6 Å². The second-order valence-corrected chi connectivity index (χ2v) is 19.3. The Kier molecular flexibility index (Phi) is 10.8. The van der Waals surface area contributed by atoms with Gasteiger partial charge in [0, 0.05) is 51.0 Å². The third-order valence-corrected chi connectivity index (χ3v) is 15.6. The maximum atomic E-state index is 7.28. The number of ether oxygens (including phenoxy) is 1. The number of rotatable bonds is 15. The van der Waals surface area contributed by atoms with Gasteiger partial charge in [-0.15, -0.1) is 0 Å². The Bertz CT molecular complexity index is 2040. The fourth-order valence-corrected chi connectivity index (χ4v) is 12.4. The van der Waals surface area contributed by atoms with Crippen LogP contribution in [0, 0.1) is 0 Å². The Labute approximate surface area is 308 Å². The second kappa shape index (κ2) is 15.6. The number of likely N-dealkylation sites (tertiary alicyclic amines) is 1. The van der Waals surface area contributed by atoms with E-state index < -0.39 is 8.32 Å². The Hall–Kier alpha value is -4.48. The first-order valence-corrected chi connectivity index (χ1v) is 20.5. The molecule has 1 saturated heterocycles. The number of anilines is 1. The number of pyridine rings is 1. The van der Waals surface area contributed by atoms with E-state index in [1.807, 2.05) is 23.1 Å². The molecule has 1 N–H and O–H groups in total. The van der Waals surface area contributed by atoms with Crippen LogP contribution in [0.3, 0.4) is 0 Å². The number of aromatic nitrogens is 5. The monoisotopic (exact) mass is 713 g/mol. The molecular formula is C42H51N7O2Si. The highest BCUT2D eigenvalue weighted by atomic mass is 28.4. The second-order valence-electron chi connectivity index (χ2n) is 15.0. The normalized spacial score (nSPS) is 14.9. The SMILES string of the molecule is CCC[C@@H](CCO[Si](c1ccccc1)(c1ccccc1)C(C)(C)C)Nc1ncnc2cnn(Cc3ccc(CN4CC(OC)C4)c4cccnc34)c12. The standard InChI is InChI=1S/C42H51N7O2Si/c1-6-14-33(22-24-51-52(42(2,3)4,35-15-9-7-10-16-35)36-17-11-8-12-18-36)47-41-40-38(44-30-45-41)25-46-49(40)27-32-21-20-31(26-48-28-34(29-48)50-5)37-19-13-23-43-39(32)37/h7-13,15-21,23,25,30,33-34H,6,14,22,24,26-29H2,1-5H3,(H,44,45,47)/t33-/m0/s1. The van der Waals surface area contributed by atoms with Gasteiger partial charge in [0.2, 0.25) is 0 Å². The van der Waals surface area contributed by atoms with E-state index in [1.165, 1.54) is 21.3 Å². The molecule has 270 valence electrons. The summed E-state index contributed by atoms with van der Waals surface area (Å²) in [6.45, 7) is 13.2. The lowest BCUT2D eigenvalue weighted by Gasteiger charge is -2.43. The summed E-state index contributed by atoms with van der Waals surface area (Å²) < 4.78 is 14.8. The van der Waals surface area contributed by atoms with Gasteiger partial charge in [0.1, 0.15) is 17.4 Å². The molecule has 0 radical (unpaired) electrons. The summed E-state index contributed by atoms with van der Waals surface area (Å²) in [6, 6.07) is 30.5. The van der Waals surface area contributed by atoms with Crippen molar-refractivity contribution in [2.45, 2.75) is 77.2 Å². The average Bonchev–Trinajstić information content (AvgIpc) is 3.56. The van der Waals surface area contributed by atoms with Gasteiger partial charge in [-0.2, -0.15) is 5.10 Å². The maximum absolute atomic E-state index is 7.28. The third-order valence-electron chi connectivity index (χ3n) is 10.5. The van der Waals surface area contributed by atoms with E-state index in [-0.39, 0.29) is 11.1 Å². The topological polar surface area (TPSA) is 90.2 Å². The molecule has 1 atom stereocenters. The molecule has 0 saturated carbocycles. The summed E-state index contributed by atoms with van der Waals surface area (Å²) in [5, 5.41) is 12.3. The highest BCUT2D eigenvalue weighted by molar-refractivity contribution is 6.99. The van der Waals surface area contributed by atoms with Gasteiger partial charge in [-0.25, -0.2) is 9.97 Å². The molecule has 1 aliphatic heterocycles. The van der Waals surface area contributed by atoms with E-state index in [0.29, 0.717) is 19.3 Å². The van der Waals surface area contributed by atoms with Crippen LogP contribution in [-0.2, 0) is 22.3 Å². The summed E-state index contributed by atoms with van der Waals surface area (Å²) in [7, 11) is -0.849. The van der Waals surface area contributed by atoms with Crippen molar-refractivity contribution < 1.29 is 9.16 Å². The van der Waals surface area contributed by atoms with E-state index in [2.05, 4.69) is 122 Å². The van der Waals surface area contributed by atoms with Crippen LogP contribution >= 0.6 is 0 Å². The number of hydrogen-bond donors (Lipinski definition) is 1. The van der Waals surface area contributed by atoms with Crippen LogP contribution in [-0.4, -0.2) is 76.9 Å². The van der Waals surface area contributed by atoms with Crippen LogP contribution in [0.5, 0.6) is 0 Å². The lowest BCUT2D eigenvalue weighted by Crippen LogP contribution is -2.66. The maximum Gasteiger partial charge on any atom is 0.261 e. The van der Waals surface area contributed by atoms with Crippen LogP contribution in [0.4, 0.5) is 5.82 Å². The molecule has 1 aliphatic rings. The van der Waals surface area contributed by atoms with E-state index in [4.69, 9.17) is 24.2 Å². The van der Waals surface area contributed by atoms with Crippen LogP contribution in [0.2, 0.25) is 5.04 Å². The lowest BCUT2D eigenvalue weighted by atomic mass is 10.0. The van der Waals surface area contributed by atoms with E-state index >= 15 is 0 Å². The molecule has 9 nitrogen and oxygen atoms in total. The molecule has 1 fully saturated rings. The van der Waals surface area contributed by atoms with Crippen LogP contribution < -0.4 is 15.7 Å². The first-order valence-electron chi connectivity index (χ1n) is 18.6. The summed E-state index contributed by atoms with van der Waals surface area (Å²) in [5.41, 5.74) is 5.11. The van der Waals surface area contributed by atoms with Gasteiger partial charge >= 0.3 is 0 Å². The molecule has 4 heterocycles. The van der Waals surface area contributed by atoms with Crippen LogP contribution in [0.1, 0.15) is 58.1 Å². The van der Waals surface area contributed by atoms with E-state index in [1.54, 1.807) is 13.4 Å². The Balaban J connectivity index is 1.13. The molecule has 6 aromatic rings. The third kappa shape index (κ3) is 7.25. The summed E-state index contributed by atoms with van der Waals surface area (Å²) in [6.07, 6.45) is 8.54. The Morgan fingerprint density at radius 3 is 2.23 bits per heavy atom. The van der Waals surface area contributed by atoms with Crippen molar-refractivity contribution in [1.82, 2.24) is 29.6 Å². The summed E-state index contributed by atoms with van der Waals surface area (Å²) >= 11 is 0. The molecule has 52 heavy (non-hydrogen) atoms. The molecule has 7 rings (SSSR count). The van der Waals surface area contributed by atoms with Gasteiger partial charge in [-0.05, 0) is 45.4 Å². The molecule has 0 bridgehead atoms. The zero-order chi connectivity index (χ0) is 36.1. The molecule has 3 aromatic heterocycles. The van der Waals surface area contributed by atoms with Gasteiger partial charge in [0.25, 0.3) is 8.32 Å². The highest BCUT2D eigenvalue weighted by Crippen LogP contribution is 2.37. The minimum absolute atomic E-state index is 0.0755. The molecule has 0 unspecified atom stereocenters. The molecule has 3 aromatic carbocycles. The van der Waals surface area contributed by atoms with Gasteiger partial charge in [-0.1, -0.05) is 113 Å². The van der Waals surface area contributed by atoms with Crippen molar-refractivity contribution in [3.8, 4) is 0 Å². The van der Waals surface area contributed by atoms with Crippen molar-refractivity contribution in [1.29, 1.82) is 0 Å². The van der Waals surface area contributed by atoms with Crippen molar-refractivity contribution in [3.05, 3.63) is 115 Å². The number of fused-ring (bicyclic) bond motifs is 2. The minimum atomic E-state index is -2.64. The minimum Gasteiger partial charge on any atom is -0.407 e. The fourth-order valence-electron chi connectivity index (χ4n) is 7.85. The first-order chi connectivity index (χ1) is 25.3. The van der Waals surface area contributed by atoms with E-state index in [9.17, 15) is 0 Å². The summed E-state index contributed by atoms with van der Waals surface area (Å²) in [4.78, 5) is 16.7. The Morgan fingerprint density at radius 1 is 0.846 bits per heavy atom. The van der Waals surface area contributed by atoms with Crippen molar-refractivity contribution >= 4 is 46.4 Å². The average molecular weight is 714 g/mol. The van der Waals surface area contributed by atoms with Crippen LogP contribution in [0.15, 0.2) is 104 Å². The zero-order valence-electron chi connectivity index (χ0n) is 31.1. The molecular weight excluding hydrogens is 663 g/mol. The van der Waals surface area contributed by atoms with Crippen molar-refractivity contribution in [3.63, 3.8) is 0 Å². The summed E-state index contributed by atoms with van der Waals surface area (Å²) in [5.74, 6) is 0.797. The van der Waals surface area contributed by atoms with Crippen LogP contribution in [0.25, 0.3) is 21.9 Å². The molecule has 0 spiro atoms. The largest absolute Gasteiger partial charge is 0.407 e. The molecule has 10 heteroatoms. The number of methoxy groups -OCH3 is 1.